The molecular formula is C35H42N2O7. The number of nitrogens with zero attached hydrogens (tertiary/aromatic N) is 2. The SMILES string of the molecule is COc1ccc([N+](=O)[O-])c(C(=O)N(c2ccc(C(C)C)cc2)C(C(=O)CC2CCCCC2)c2cc(C)c(OC)c(OC)c2)c1. The molecule has 0 aliphatic heterocycles. The van der Waals surface area contributed by atoms with E-state index in [2.05, 4.69) is 13.8 Å². The number of anilines is 1. The van der Waals surface area contributed by atoms with Crippen LogP contribution in [-0.2, 0) is 4.79 Å². The Kier molecular flexibility index (Phi) is 10.6. The van der Waals surface area contributed by atoms with Crippen LogP contribution < -0.4 is 19.1 Å². The molecule has 44 heavy (non-hydrogen) atoms. The predicted molar refractivity (Wildman–Crippen MR) is 170 cm³/mol. The average Bonchev–Trinajstić information content (AvgIpc) is 3.02. The molecule has 1 atom stereocenters. The average molecular weight is 603 g/mol. The fourth-order valence-electron chi connectivity index (χ4n) is 6.11. The summed E-state index contributed by atoms with van der Waals surface area (Å²) in [6.07, 6.45) is 5.45. The maximum Gasteiger partial charge on any atom is 0.282 e. The molecular weight excluding hydrogens is 560 g/mol. The summed E-state index contributed by atoms with van der Waals surface area (Å²) in [4.78, 5) is 42.2. The van der Waals surface area contributed by atoms with Gasteiger partial charge in [-0.05, 0) is 71.8 Å². The van der Waals surface area contributed by atoms with E-state index in [4.69, 9.17) is 14.2 Å². The van der Waals surface area contributed by atoms with Crippen LogP contribution >= 0.6 is 0 Å². The third kappa shape index (κ3) is 7.04. The summed E-state index contributed by atoms with van der Waals surface area (Å²) in [7, 11) is 4.50. The van der Waals surface area contributed by atoms with Gasteiger partial charge in [0.1, 0.15) is 17.4 Å². The highest BCUT2D eigenvalue weighted by Crippen LogP contribution is 2.41. The molecule has 1 fully saturated rings. The number of nitro benzene ring substituents is 1. The fraction of sp³-hybridized carbons (Fsp3) is 0.429. The summed E-state index contributed by atoms with van der Waals surface area (Å²) in [5.74, 6) is 0.861. The molecule has 0 bridgehead atoms. The predicted octanol–water partition coefficient (Wildman–Crippen LogP) is 7.98. The monoisotopic (exact) mass is 602 g/mol. The number of aryl methyl sites for hydroxylation is 1. The van der Waals surface area contributed by atoms with Crippen molar-refractivity contribution in [1.82, 2.24) is 0 Å². The van der Waals surface area contributed by atoms with Crippen molar-refractivity contribution in [3.05, 3.63) is 87.0 Å². The molecule has 0 radical (unpaired) electrons. The fourth-order valence-corrected chi connectivity index (χ4v) is 6.11. The highest BCUT2D eigenvalue weighted by Gasteiger charge is 2.38. The number of carbonyl (C=O) groups is 2. The summed E-state index contributed by atoms with van der Waals surface area (Å²) >= 11 is 0. The Morgan fingerprint density at radius 2 is 1.59 bits per heavy atom. The van der Waals surface area contributed by atoms with Crippen molar-refractivity contribution in [1.29, 1.82) is 0 Å². The molecule has 1 amide bonds. The molecule has 4 rings (SSSR count). The second-order valence-electron chi connectivity index (χ2n) is 11.7. The molecule has 3 aromatic carbocycles. The summed E-state index contributed by atoms with van der Waals surface area (Å²) in [5, 5.41) is 12.1. The van der Waals surface area contributed by atoms with Gasteiger partial charge < -0.3 is 14.2 Å². The van der Waals surface area contributed by atoms with E-state index in [9.17, 15) is 19.7 Å². The first-order chi connectivity index (χ1) is 21.1. The highest BCUT2D eigenvalue weighted by atomic mass is 16.6. The summed E-state index contributed by atoms with van der Waals surface area (Å²) in [5.41, 5.74) is 2.23. The minimum Gasteiger partial charge on any atom is -0.497 e. The van der Waals surface area contributed by atoms with Gasteiger partial charge in [0.25, 0.3) is 11.6 Å². The molecule has 9 nitrogen and oxygen atoms in total. The van der Waals surface area contributed by atoms with Crippen LogP contribution in [0.4, 0.5) is 11.4 Å². The first-order valence-corrected chi connectivity index (χ1v) is 15.1. The van der Waals surface area contributed by atoms with Gasteiger partial charge in [-0.2, -0.15) is 0 Å². The lowest BCUT2D eigenvalue weighted by Crippen LogP contribution is -2.40. The van der Waals surface area contributed by atoms with Gasteiger partial charge in [-0.25, -0.2) is 0 Å². The van der Waals surface area contributed by atoms with Crippen molar-refractivity contribution in [3.63, 3.8) is 0 Å². The maximum absolute atomic E-state index is 14.7. The first-order valence-electron chi connectivity index (χ1n) is 15.1. The number of benzene rings is 3. The van der Waals surface area contributed by atoms with Crippen molar-refractivity contribution in [2.45, 2.75) is 71.3 Å². The van der Waals surface area contributed by atoms with Crippen LogP contribution in [0, 0.1) is 23.0 Å². The van der Waals surface area contributed by atoms with Crippen molar-refractivity contribution in [2.24, 2.45) is 5.92 Å². The summed E-state index contributed by atoms with van der Waals surface area (Å²) in [6, 6.07) is 14.0. The molecule has 1 aliphatic rings. The van der Waals surface area contributed by atoms with E-state index in [-0.39, 0.29) is 35.3 Å². The quantitative estimate of drug-likeness (QED) is 0.153. The Morgan fingerprint density at radius 1 is 0.909 bits per heavy atom. The Morgan fingerprint density at radius 3 is 2.16 bits per heavy atom. The molecule has 0 aromatic heterocycles. The third-order valence-electron chi connectivity index (χ3n) is 8.47. The lowest BCUT2D eigenvalue weighted by molar-refractivity contribution is -0.385. The molecule has 1 aliphatic carbocycles. The van der Waals surface area contributed by atoms with Gasteiger partial charge in [0.15, 0.2) is 17.3 Å². The number of hydrogen-bond acceptors (Lipinski definition) is 7. The zero-order chi connectivity index (χ0) is 32.0. The van der Waals surface area contributed by atoms with Crippen LogP contribution in [0.25, 0.3) is 0 Å². The Labute approximate surface area is 259 Å². The van der Waals surface area contributed by atoms with Crippen LogP contribution in [0.2, 0.25) is 0 Å². The molecule has 3 aromatic rings. The maximum atomic E-state index is 14.7. The van der Waals surface area contributed by atoms with Gasteiger partial charge in [0, 0.05) is 18.2 Å². The largest absolute Gasteiger partial charge is 0.497 e. The number of ketones is 1. The van der Waals surface area contributed by atoms with Gasteiger partial charge in [-0.3, -0.25) is 24.6 Å². The summed E-state index contributed by atoms with van der Waals surface area (Å²) < 4.78 is 16.6. The molecule has 1 saturated carbocycles. The lowest BCUT2D eigenvalue weighted by atomic mass is 9.83. The molecule has 0 heterocycles. The van der Waals surface area contributed by atoms with E-state index in [1.54, 1.807) is 25.3 Å². The zero-order valence-electron chi connectivity index (χ0n) is 26.4. The summed E-state index contributed by atoms with van der Waals surface area (Å²) in [6.45, 7) is 5.99. The molecule has 234 valence electrons. The van der Waals surface area contributed by atoms with Crippen molar-refractivity contribution in [3.8, 4) is 17.2 Å². The normalized spacial score (nSPS) is 14.2. The van der Waals surface area contributed by atoms with Crippen LogP contribution in [0.3, 0.4) is 0 Å². The smallest absolute Gasteiger partial charge is 0.282 e. The van der Waals surface area contributed by atoms with Crippen molar-refractivity contribution in [2.75, 3.05) is 26.2 Å². The Hall–Kier alpha value is -4.40. The molecule has 1 unspecified atom stereocenters. The number of hydrogen-bond donors (Lipinski definition) is 0. The number of methoxy groups -OCH3 is 3. The van der Waals surface area contributed by atoms with E-state index in [0.717, 1.165) is 43.2 Å². The second kappa shape index (κ2) is 14.4. The molecule has 9 heteroatoms. The van der Waals surface area contributed by atoms with Gasteiger partial charge in [0.05, 0.1) is 26.3 Å². The molecule has 0 saturated heterocycles. The van der Waals surface area contributed by atoms with E-state index in [1.807, 2.05) is 25.1 Å². The lowest BCUT2D eigenvalue weighted by Gasteiger charge is -2.33. The van der Waals surface area contributed by atoms with Crippen LogP contribution in [0.5, 0.6) is 17.2 Å². The van der Waals surface area contributed by atoms with Gasteiger partial charge in [-0.15, -0.1) is 0 Å². The van der Waals surface area contributed by atoms with E-state index in [0.29, 0.717) is 28.5 Å². The van der Waals surface area contributed by atoms with Gasteiger partial charge in [0.2, 0.25) is 0 Å². The third-order valence-corrected chi connectivity index (χ3v) is 8.47. The van der Waals surface area contributed by atoms with Crippen LogP contribution in [-0.4, -0.2) is 37.9 Å². The number of rotatable bonds is 12. The number of amides is 1. The number of carbonyl (C=O) groups excluding carboxylic acids is 2. The van der Waals surface area contributed by atoms with Crippen molar-refractivity contribution >= 4 is 23.1 Å². The van der Waals surface area contributed by atoms with Crippen LogP contribution in [0.15, 0.2) is 54.6 Å². The van der Waals surface area contributed by atoms with E-state index >= 15 is 0 Å². The molecule has 0 spiro atoms. The highest BCUT2D eigenvalue weighted by molar-refractivity contribution is 6.12. The van der Waals surface area contributed by atoms with Gasteiger partial charge in [-0.1, -0.05) is 58.1 Å². The first kappa shape index (κ1) is 32.5. The van der Waals surface area contributed by atoms with Crippen molar-refractivity contribution < 1.29 is 28.7 Å². The Balaban J connectivity index is 1.97. The molecule has 0 N–H and O–H groups in total. The topological polar surface area (TPSA) is 108 Å². The van der Waals surface area contributed by atoms with E-state index in [1.165, 1.54) is 37.3 Å². The standard InChI is InChI=1S/C35H42N2O7/c1-22(2)25-12-14-27(15-13-25)36(35(39)29-21-28(42-4)16-17-30(29)37(40)41)33(31(38)19-24-10-8-7-9-11-24)26-18-23(3)34(44-6)32(20-26)43-5/h12-18,20-22,24,33H,7-11,19H2,1-6H3. The van der Waals surface area contributed by atoms with Gasteiger partial charge >= 0.3 is 0 Å². The minimum absolute atomic E-state index is 0.143. The Bertz CT molecular complexity index is 1490. The number of nitro groups is 1. The number of Topliss-reactive ketones (excluding diaryl/α,β-unsaturated/α-hetero) is 1. The van der Waals surface area contributed by atoms with E-state index < -0.39 is 16.9 Å². The van der Waals surface area contributed by atoms with Crippen LogP contribution in [0.1, 0.15) is 91.4 Å². The number of ether oxygens (including phenoxy) is 3. The zero-order valence-corrected chi connectivity index (χ0v) is 26.4. The second-order valence-corrected chi connectivity index (χ2v) is 11.7. The minimum atomic E-state index is -1.08.